The summed E-state index contributed by atoms with van der Waals surface area (Å²) in [5.41, 5.74) is 0. The Bertz CT molecular complexity index is 246. The van der Waals surface area contributed by atoms with Crippen LogP contribution in [0.3, 0.4) is 0 Å². The molecule has 0 radical (unpaired) electrons. The molecule has 16 heavy (non-hydrogen) atoms. The molecule has 2 rings (SSSR count). The molecule has 3 heteroatoms. The molecule has 2 aliphatic rings. The summed E-state index contributed by atoms with van der Waals surface area (Å²) in [7, 11) is 0. The van der Waals surface area contributed by atoms with Crippen LogP contribution in [-0.2, 0) is 0 Å². The zero-order valence-electron chi connectivity index (χ0n) is 10.3. The van der Waals surface area contributed by atoms with Crippen molar-refractivity contribution in [1.82, 2.24) is 10.2 Å². The molecule has 1 N–H and O–H groups in total. The largest absolute Gasteiger partial charge is 0.301 e. The molecule has 0 spiro atoms. The first kappa shape index (κ1) is 11.9. The zero-order chi connectivity index (χ0) is 11.4. The third kappa shape index (κ3) is 2.75. The van der Waals surface area contributed by atoms with E-state index in [9.17, 15) is 0 Å². The van der Waals surface area contributed by atoms with Gasteiger partial charge in [-0.1, -0.05) is 13.3 Å². The molecule has 1 aliphatic carbocycles. The van der Waals surface area contributed by atoms with Gasteiger partial charge in [0.15, 0.2) is 0 Å². The monoisotopic (exact) mass is 221 g/mol. The van der Waals surface area contributed by atoms with E-state index in [0.29, 0.717) is 0 Å². The minimum atomic E-state index is 0.0266. The predicted octanol–water partition coefficient (Wildman–Crippen LogP) is 1.61. The summed E-state index contributed by atoms with van der Waals surface area (Å²) in [6.07, 6.45) is 5.36. The van der Waals surface area contributed by atoms with Gasteiger partial charge < -0.3 is 10.2 Å². The lowest BCUT2D eigenvalue weighted by molar-refractivity contribution is 0.291. The Morgan fingerprint density at radius 3 is 2.62 bits per heavy atom. The fourth-order valence-corrected chi connectivity index (χ4v) is 3.21. The summed E-state index contributed by atoms with van der Waals surface area (Å²) in [6.45, 7) is 6.48. The van der Waals surface area contributed by atoms with Crippen molar-refractivity contribution in [2.45, 2.75) is 38.6 Å². The molecule has 90 valence electrons. The van der Waals surface area contributed by atoms with Crippen molar-refractivity contribution in [2.75, 3.05) is 26.2 Å². The number of rotatable bonds is 5. The number of fused-ring (bicyclic) bond motifs is 1. The summed E-state index contributed by atoms with van der Waals surface area (Å²) >= 11 is 0. The van der Waals surface area contributed by atoms with Crippen LogP contribution in [0.1, 0.15) is 32.6 Å². The van der Waals surface area contributed by atoms with E-state index in [1.54, 1.807) is 0 Å². The second kappa shape index (κ2) is 5.65. The lowest BCUT2D eigenvalue weighted by Crippen LogP contribution is -2.40. The maximum atomic E-state index is 9.08. The summed E-state index contributed by atoms with van der Waals surface area (Å²) in [4.78, 5) is 2.49. The molecule has 0 aromatic rings. The van der Waals surface area contributed by atoms with Crippen LogP contribution < -0.4 is 5.32 Å². The van der Waals surface area contributed by atoms with Crippen molar-refractivity contribution < 1.29 is 0 Å². The van der Waals surface area contributed by atoms with Gasteiger partial charge in [0.25, 0.3) is 0 Å². The van der Waals surface area contributed by atoms with Crippen molar-refractivity contribution in [3.8, 4) is 6.07 Å². The average Bonchev–Trinajstić information content (AvgIpc) is 2.84. The number of hydrogen-bond donors (Lipinski definition) is 1. The fourth-order valence-electron chi connectivity index (χ4n) is 3.21. The first-order chi connectivity index (χ1) is 7.83. The number of hydrogen-bond acceptors (Lipinski definition) is 3. The second-order valence-electron chi connectivity index (χ2n) is 5.31. The Hall–Kier alpha value is -0.590. The van der Waals surface area contributed by atoms with Gasteiger partial charge in [-0.05, 0) is 37.6 Å². The van der Waals surface area contributed by atoms with E-state index in [2.05, 4.69) is 23.2 Å². The number of nitrogens with zero attached hydrogens (tertiary/aromatic N) is 2. The van der Waals surface area contributed by atoms with Crippen LogP contribution >= 0.6 is 0 Å². The first-order valence-corrected chi connectivity index (χ1v) is 6.68. The zero-order valence-corrected chi connectivity index (χ0v) is 10.3. The van der Waals surface area contributed by atoms with Gasteiger partial charge in [0.1, 0.15) is 6.04 Å². The molecule has 1 aliphatic heterocycles. The number of likely N-dealkylation sites (tertiary alicyclic amines) is 1. The Morgan fingerprint density at radius 2 is 2.06 bits per heavy atom. The Kier molecular flexibility index (Phi) is 4.20. The lowest BCUT2D eigenvalue weighted by atomic mass is 10.0. The molecule has 1 saturated carbocycles. The minimum Gasteiger partial charge on any atom is -0.301 e. The highest BCUT2D eigenvalue weighted by molar-refractivity contribution is 4.96. The van der Waals surface area contributed by atoms with Gasteiger partial charge in [0.2, 0.25) is 0 Å². The van der Waals surface area contributed by atoms with Gasteiger partial charge in [-0.3, -0.25) is 0 Å². The molecular formula is C13H23N3. The third-order valence-electron chi connectivity index (χ3n) is 4.04. The lowest BCUT2D eigenvalue weighted by Gasteiger charge is -2.20. The maximum absolute atomic E-state index is 9.08. The van der Waals surface area contributed by atoms with Crippen LogP contribution in [0.2, 0.25) is 0 Å². The SMILES string of the molecule is CCCNC(C#N)CN1CC2CCCC2C1. The van der Waals surface area contributed by atoms with E-state index in [1.165, 1.54) is 32.4 Å². The molecule has 3 unspecified atom stereocenters. The Balaban J connectivity index is 1.75. The molecule has 1 heterocycles. The molecule has 1 saturated heterocycles. The van der Waals surface area contributed by atoms with Crippen LogP contribution in [0.5, 0.6) is 0 Å². The highest BCUT2D eigenvalue weighted by Crippen LogP contribution is 2.37. The average molecular weight is 221 g/mol. The van der Waals surface area contributed by atoms with Crippen molar-refractivity contribution in [3.63, 3.8) is 0 Å². The smallest absolute Gasteiger partial charge is 0.108 e. The molecule has 0 aromatic heterocycles. The molecule has 3 nitrogen and oxygen atoms in total. The summed E-state index contributed by atoms with van der Waals surface area (Å²) in [5, 5.41) is 12.4. The van der Waals surface area contributed by atoms with Crippen molar-refractivity contribution in [2.24, 2.45) is 11.8 Å². The standard InChI is InChI=1S/C13H23N3/c1-2-6-15-13(7-14)10-16-8-11-4-3-5-12(11)9-16/h11-13,15H,2-6,8-10H2,1H3. The minimum absolute atomic E-state index is 0.0266. The van der Waals surface area contributed by atoms with Gasteiger partial charge in [-0.2, -0.15) is 5.26 Å². The van der Waals surface area contributed by atoms with Gasteiger partial charge in [0, 0.05) is 19.6 Å². The molecular weight excluding hydrogens is 198 g/mol. The highest BCUT2D eigenvalue weighted by Gasteiger charge is 2.36. The highest BCUT2D eigenvalue weighted by atomic mass is 15.2. The van der Waals surface area contributed by atoms with Crippen molar-refractivity contribution in [1.29, 1.82) is 5.26 Å². The van der Waals surface area contributed by atoms with E-state index in [1.807, 2.05) is 0 Å². The third-order valence-corrected chi connectivity index (χ3v) is 4.04. The molecule has 0 bridgehead atoms. The quantitative estimate of drug-likeness (QED) is 0.766. The summed E-state index contributed by atoms with van der Waals surface area (Å²) in [6, 6.07) is 2.40. The van der Waals surface area contributed by atoms with Crippen LogP contribution in [0.15, 0.2) is 0 Å². The van der Waals surface area contributed by atoms with Gasteiger partial charge >= 0.3 is 0 Å². The molecule has 0 aromatic carbocycles. The van der Waals surface area contributed by atoms with Crippen molar-refractivity contribution >= 4 is 0 Å². The van der Waals surface area contributed by atoms with Crippen LogP contribution in [0.25, 0.3) is 0 Å². The maximum Gasteiger partial charge on any atom is 0.108 e. The first-order valence-electron chi connectivity index (χ1n) is 6.68. The van der Waals surface area contributed by atoms with Crippen LogP contribution in [0, 0.1) is 23.2 Å². The van der Waals surface area contributed by atoms with Gasteiger partial charge in [0.05, 0.1) is 6.07 Å². The van der Waals surface area contributed by atoms with E-state index < -0.39 is 0 Å². The normalized spacial score (nSPS) is 31.2. The number of nitrogens with one attached hydrogen (secondary N) is 1. The van der Waals surface area contributed by atoms with Crippen molar-refractivity contribution in [3.05, 3.63) is 0 Å². The van der Waals surface area contributed by atoms with E-state index in [4.69, 9.17) is 5.26 Å². The van der Waals surface area contributed by atoms with E-state index in [-0.39, 0.29) is 6.04 Å². The van der Waals surface area contributed by atoms with E-state index >= 15 is 0 Å². The fraction of sp³-hybridized carbons (Fsp3) is 0.923. The van der Waals surface area contributed by atoms with E-state index in [0.717, 1.165) is 31.3 Å². The summed E-state index contributed by atoms with van der Waals surface area (Å²) < 4.78 is 0. The van der Waals surface area contributed by atoms with Gasteiger partial charge in [-0.15, -0.1) is 0 Å². The van der Waals surface area contributed by atoms with Gasteiger partial charge in [-0.25, -0.2) is 0 Å². The topological polar surface area (TPSA) is 39.1 Å². The molecule has 0 amide bonds. The molecule has 2 fully saturated rings. The summed E-state index contributed by atoms with van der Waals surface area (Å²) in [5.74, 6) is 1.87. The second-order valence-corrected chi connectivity index (χ2v) is 5.31. The predicted molar refractivity (Wildman–Crippen MR) is 65.0 cm³/mol. The van der Waals surface area contributed by atoms with Crippen LogP contribution in [-0.4, -0.2) is 37.1 Å². The van der Waals surface area contributed by atoms with Crippen LogP contribution in [0.4, 0.5) is 0 Å². The molecule has 3 atom stereocenters. The Labute approximate surface area is 98.8 Å². The Morgan fingerprint density at radius 1 is 1.38 bits per heavy atom. The number of nitriles is 1.